The molecule has 19 heavy (non-hydrogen) atoms. The summed E-state index contributed by atoms with van der Waals surface area (Å²) in [6.45, 7) is 7.87. The first-order valence-corrected chi connectivity index (χ1v) is 6.02. The molecule has 0 aliphatic carbocycles. The zero-order valence-corrected chi connectivity index (χ0v) is 11.1. The number of aromatic nitrogens is 2. The normalized spacial score (nSPS) is 10.4. The Morgan fingerprint density at radius 3 is 2.58 bits per heavy atom. The fraction of sp³-hybridized carbons (Fsp3) is 0.200. The first-order valence-electron chi connectivity index (χ1n) is 6.02. The zero-order chi connectivity index (χ0) is 14.0. The van der Waals surface area contributed by atoms with Crippen LogP contribution < -0.4 is 11.1 Å². The highest BCUT2D eigenvalue weighted by Gasteiger charge is 2.06. The third-order valence-corrected chi connectivity index (χ3v) is 2.78. The average Bonchev–Trinajstić information content (AvgIpc) is 2.35. The number of benzene rings is 1. The smallest absolute Gasteiger partial charge is 0.305 e. The van der Waals surface area contributed by atoms with Gasteiger partial charge in [0.1, 0.15) is 0 Å². The van der Waals surface area contributed by atoms with E-state index in [0.29, 0.717) is 12.2 Å². The highest BCUT2D eigenvalue weighted by Crippen LogP contribution is 2.06. The first kappa shape index (κ1) is 13.1. The highest BCUT2D eigenvalue weighted by atomic mass is 16.2. The van der Waals surface area contributed by atoms with Gasteiger partial charge in [0.2, 0.25) is 0 Å². The molecule has 4 heteroatoms. The minimum Gasteiger partial charge on any atom is -0.305 e. The number of allylic oxidation sites excluding steroid dienone is 1. The van der Waals surface area contributed by atoms with Crippen LogP contribution in [0.3, 0.4) is 0 Å². The second-order valence-corrected chi connectivity index (χ2v) is 4.70. The lowest BCUT2D eigenvalue weighted by Crippen LogP contribution is -2.40. The lowest BCUT2D eigenvalue weighted by atomic mass is 10.2. The molecule has 2 rings (SSSR count). The number of nitrogens with zero attached hydrogens (tertiary/aromatic N) is 2. The minimum atomic E-state index is -0.547. The molecule has 0 unspecified atom stereocenters. The average molecular weight is 256 g/mol. The van der Waals surface area contributed by atoms with Gasteiger partial charge < -0.3 is 4.57 Å². The van der Waals surface area contributed by atoms with Crippen molar-refractivity contribution < 1.29 is 0 Å². The third kappa shape index (κ3) is 2.73. The van der Waals surface area contributed by atoms with Crippen molar-refractivity contribution in [3.05, 3.63) is 75.1 Å². The van der Waals surface area contributed by atoms with Crippen molar-refractivity contribution >= 4 is 0 Å². The summed E-state index contributed by atoms with van der Waals surface area (Å²) in [5.41, 5.74) is 1.48. The summed E-state index contributed by atoms with van der Waals surface area (Å²) in [4.78, 5) is 24.1. The summed E-state index contributed by atoms with van der Waals surface area (Å²) in [5, 5.41) is 0. The van der Waals surface area contributed by atoms with Crippen LogP contribution in [0.5, 0.6) is 0 Å². The van der Waals surface area contributed by atoms with Crippen LogP contribution in [0.4, 0.5) is 0 Å². The molecule has 1 aromatic heterocycles. The molecule has 4 nitrogen and oxygen atoms in total. The Morgan fingerprint density at radius 2 is 1.95 bits per heavy atom. The van der Waals surface area contributed by atoms with Gasteiger partial charge in [-0.3, -0.25) is 14.2 Å². The van der Waals surface area contributed by atoms with E-state index in [0.717, 1.165) is 11.1 Å². The van der Waals surface area contributed by atoms with Crippen molar-refractivity contribution in [3.63, 3.8) is 0 Å². The van der Waals surface area contributed by atoms with Crippen LogP contribution >= 0.6 is 0 Å². The largest absolute Gasteiger partial charge is 0.320 e. The molecule has 0 spiro atoms. The molecule has 0 bridgehead atoms. The third-order valence-electron chi connectivity index (χ3n) is 2.78. The van der Waals surface area contributed by atoms with Gasteiger partial charge in [-0.2, -0.15) is 0 Å². The van der Waals surface area contributed by atoms with E-state index < -0.39 is 11.1 Å². The van der Waals surface area contributed by atoms with Gasteiger partial charge in [-0.15, -0.1) is 0 Å². The lowest BCUT2D eigenvalue weighted by molar-refractivity contribution is 0.710. The van der Waals surface area contributed by atoms with Gasteiger partial charge in [0, 0.05) is 24.6 Å². The van der Waals surface area contributed by atoms with Crippen LogP contribution in [0.25, 0.3) is 5.69 Å². The molecule has 2 aromatic rings. The highest BCUT2D eigenvalue weighted by molar-refractivity contribution is 5.35. The molecule has 1 aromatic carbocycles. The molecule has 0 aliphatic rings. The Labute approximate surface area is 111 Å². The molecule has 98 valence electrons. The maximum absolute atomic E-state index is 12.1. The van der Waals surface area contributed by atoms with Gasteiger partial charge >= 0.3 is 11.1 Å². The van der Waals surface area contributed by atoms with E-state index in [1.807, 2.05) is 32.0 Å². The van der Waals surface area contributed by atoms with Crippen molar-refractivity contribution in [2.75, 3.05) is 0 Å². The lowest BCUT2D eigenvalue weighted by Gasteiger charge is -2.09. The van der Waals surface area contributed by atoms with E-state index >= 15 is 0 Å². The van der Waals surface area contributed by atoms with Crippen LogP contribution in [0.15, 0.2) is 58.4 Å². The van der Waals surface area contributed by atoms with Gasteiger partial charge in [0.25, 0.3) is 0 Å². The Hall–Kier alpha value is -2.36. The van der Waals surface area contributed by atoms with Crippen LogP contribution in [-0.4, -0.2) is 9.13 Å². The van der Waals surface area contributed by atoms with Gasteiger partial charge in [-0.1, -0.05) is 24.3 Å². The van der Waals surface area contributed by atoms with E-state index in [2.05, 4.69) is 6.58 Å². The second-order valence-electron chi connectivity index (χ2n) is 4.70. The van der Waals surface area contributed by atoms with Crippen molar-refractivity contribution in [1.29, 1.82) is 0 Å². The number of aryl methyl sites for hydroxylation is 1. The SMILES string of the molecule is C=C(C)Cn1ccn(-c2cccc(C)c2)c(=O)c1=O. The van der Waals surface area contributed by atoms with E-state index in [1.54, 1.807) is 18.5 Å². The number of hydrogen-bond donors (Lipinski definition) is 0. The second kappa shape index (κ2) is 5.10. The maximum Gasteiger partial charge on any atom is 0.320 e. The predicted octanol–water partition coefficient (Wildman–Crippen LogP) is 1.88. The molecule has 0 aliphatic heterocycles. The molecule has 0 fully saturated rings. The predicted molar refractivity (Wildman–Crippen MR) is 75.9 cm³/mol. The summed E-state index contributed by atoms with van der Waals surface area (Å²) in [6, 6.07) is 7.47. The molecular weight excluding hydrogens is 240 g/mol. The van der Waals surface area contributed by atoms with E-state index in [4.69, 9.17) is 0 Å². The van der Waals surface area contributed by atoms with Crippen LogP contribution in [0, 0.1) is 6.92 Å². The summed E-state index contributed by atoms with van der Waals surface area (Å²) in [7, 11) is 0. The number of rotatable bonds is 3. The molecule has 0 N–H and O–H groups in total. The first-order chi connectivity index (χ1) is 8.99. The summed E-state index contributed by atoms with van der Waals surface area (Å²) < 4.78 is 2.74. The Morgan fingerprint density at radius 1 is 1.21 bits per heavy atom. The number of hydrogen-bond acceptors (Lipinski definition) is 2. The maximum atomic E-state index is 12.1. The Bertz CT molecular complexity index is 738. The monoisotopic (exact) mass is 256 g/mol. The van der Waals surface area contributed by atoms with Crippen LogP contribution in [0.2, 0.25) is 0 Å². The molecule has 0 saturated heterocycles. The molecule has 0 amide bonds. The van der Waals surface area contributed by atoms with E-state index in [1.165, 1.54) is 9.13 Å². The van der Waals surface area contributed by atoms with Crippen molar-refractivity contribution in [3.8, 4) is 5.69 Å². The minimum absolute atomic E-state index is 0.364. The molecular formula is C15H16N2O2. The van der Waals surface area contributed by atoms with Gasteiger partial charge in [-0.25, -0.2) is 0 Å². The molecule has 0 saturated carbocycles. The van der Waals surface area contributed by atoms with Gasteiger partial charge in [0.15, 0.2) is 0 Å². The van der Waals surface area contributed by atoms with Crippen LogP contribution in [-0.2, 0) is 6.54 Å². The summed E-state index contributed by atoms with van der Waals surface area (Å²) in [6.07, 6.45) is 3.22. The Kier molecular flexibility index (Phi) is 3.51. The van der Waals surface area contributed by atoms with Crippen molar-refractivity contribution in [1.82, 2.24) is 9.13 Å². The topological polar surface area (TPSA) is 44.0 Å². The van der Waals surface area contributed by atoms with Gasteiger partial charge in [-0.05, 0) is 31.5 Å². The van der Waals surface area contributed by atoms with Crippen molar-refractivity contribution in [2.45, 2.75) is 20.4 Å². The zero-order valence-electron chi connectivity index (χ0n) is 11.1. The quantitative estimate of drug-likeness (QED) is 0.621. The van der Waals surface area contributed by atoms with Crippen LogP contribution in [0.1, 0.15) is 12.5 Å². The van der Waals surface area contributed by atoms with Crippen molar-refractivity contribution in [2.24, 2.45) is 0 Å². The van der Waals surface area contributed by atoms with Gasteiger partial charge in [0.05, 0.1) is 0 Å². The standard InChI is InChI=1S/C15H16N2O2/c1-11(2)10-16-7-8-17(15(19)14(16)18)13-6-4-5-12(3)9-13/h4-9H,1,10H2,2-3H3. The summed E-state index contributed by atoms with van der Waals surface area (Å²) in [5.74, 6) is 0. The fourth-order valence-corrected chi connectivity index (χ4v) is 1.90. The molecule has 0 atom stereocenters. The summed E-state index contributed by atoms with van der Waals surface area (Å²) >= 11 is 0. The fourth-order valence-electron chi connectivity index (χ4n) is 1.90. The van der Waals surface area contributed by atoms with E-state index in [-0.39, 0.29) is 0 Å². The molecule has 1 heterocycles. The Balaban J connectivity index is 2.56. The molecule has 0 radical (unpaired) electrons. The van der Waals surface area contributed by atoms with E-state index in [9.17, 15) is 9.59 Å².